The van der Waals surface area contributed by atoms with Gasteiger partial charge in [-0.15, -0.1) is 0 Å². The summed E-state index contributed by atoms with van der Waals surface area (Å²) in [7, 11) is 0. The van der Waals surface area contributed by atoms with Crippen molar-refractivity contribution in [3.05, 3.63) is 23.3 Å². The third-order valence-electron chi connectivity index (χ3n) is 6.24. The Morgan fingerprint density at radius 2 is 1.93 bits per heavy atom. The largest absolute Gasteiger partial charge is 0.461 e. The topological polar surface area (TPSA) is 104 Å². The van der Waals surface area contributed by atoms with Crippen LogP contribution in [-0.2, 0) is 38.1 Å². The minimum Gasteiger partial charge on any atom is -0.461 e. The van der Waals surface area contributed by atoms with Crippen LogP contribution in [0.3, 0.4) is 0 Å². The summed E-state index contributed by atoms with van der Waals surface area (Å²) in [6, 6.07) is 0. The van der Waals surface area contributed by atoms with Crippen LogP contribution in [-0.4, -0.2) is 60.1 Å². The molecule has 2 saturated heterocycles. The molecule has 0 unspecified atom stereocenters. The Bertz CT molecular complexity index is 829. The molecule has 4 rings (SSSR count). The molecule has 1 saturated carbocycles. The number of hydrogen-bond acceptors (Lipinski definition) is 8. The zero-order valence-electron chi connectivity index (χ0n) is 17.1. The molecule has 0 aromatic rings. The fourth-order valence-corrected chi connectivity index (χ4v) is 4.36. The zero-order chi connectivity index (χ0) is 21.1. The molecule has 0 amide bonds. The van der Waals surface area contributed by atoms with Gasteiger partial charge in [0.05, 0.1) is 22.9 Å². The fraction of sp³-hybridized carbons (Fsp3) is 0.667. The Morgan fingerprint density at radius 3 is 2.59 bits per heavy atom. The molecule has 0 spiro atoms. The summed E-state index contributed by atoms with van der Waals surface area (Å²) >= 11 is 0. The lowest BCUT2D eigenvalue weighted by molar-refractivity contribution is -0.144. The standard InChI is InChI=1S/C21H26O8/c1-10(2)18(23)26-13-8-21(5)14(28-21)6-7-20(4)17(29-20)16-15(13)12(19(24)27-16)9-25-11(3)22/h13-14,16-17H,1,6-9H2,2-5H3/t13-,14+,16-,17-,20+,21-/m0/s1. The normalized spacial score (nSPS) is 40.1. The van der Waals surface area contributed by atoms with E-state index in [1.54, 1.807) is 6.92 Å². The van der Waals surface area contributed by atoms with E-state index in [4.69, 9.17) is 23.7 Å². The van der Waals surface area contributed by atoms with E-state index in [-0.39, 0.29) is 30.0 Å². The van der Waals surface area contributed by atoms with E-state index in [2.05, 4.69) is 6.58 Å². The first-order valence-corrected chi connectivity index (χ1v) is 9.83. The predicted octanol–water partition coefficient (Wildman–Crippen LogP) is 1.76. The molecule has 3 fully saturated rings. The average Bonchev–Trinajstić information content (AvgIpc) is 3.44. The summed E-state index contributed by atoms with van der Waals surface area (Å²) in [6.45, 7) is 10.2. The maximum atomic E-state index is 12.6. The predicted molar refractivity (Wildman–Crippen MR) is 98.6 cm³/mol. The first-order valence-electron chi connectivity index (χ1n) is 9.83. The Balaban J connectivity index is 1.75. The quantitative estimate of drug-likeness (QED) is 0.301. The molecule has 0 aromatic heterocycles. The molecule has 8 nitrogen and oxygen atoms in total. The van der Waals surface area contributed by atoms with E-state index < -0.39 is 41.3 Å². The van der Waals surface area contributed by atoms with Crippen LogP contribution in [0.5, 0.6) is 0 Å². The number of esters is 3. The van der Waals surface area contributed by atoms with Crippen molar-refractivity contribution >= 4 is 17.9 Å². The summed E-state index contributed by atoms with van der Waals surface area (Å²) < 4.78 is 28.3. The molecule has 158 valence electrons. The molecule has 4 aliphatic rings. The van der Waals surface area contributed by atoms with Gasteiger partial charge in [0.15, 0.2) is 6.10 Å². The van der Waals surface area contributed by atoms with Crippen LogP contribution in [0.2, 0.25) is 0 Å². The van der Waals surface area contributed by atoms with Gasteiger partial charge in [-0.05, 0) is 33.6 Å². The summed E-state index contributed by atoms with van der Waals surface area (Å²) in [5, 5.41) is 0. The molecule has 0 bridgehead atoms. The summed E-state index contributed by atoms with van der Waals surface area (Å²) in [5.74, 6) is -1.67. The second-order valence-electron chi connectivity index (χ2n) is 8.73. The highest BCUT2D eigenvalue weighted by Crippen LogP contribution is 2.54. The van der Waals surface area contributed by atoms with Gasteiger partial charge in [0.25, 0.3) is 0 Å². The third kappa shape index (κ3) is 3.59. The van der Waals surface area contributed by atoms with Crippen molar-refractivity contribution < 1.29 is 38.1 Å². The highest BCUT2D eigenvalue weighted by molar-refractivity contribution is 5.94. The number of ether oxygens (including phenoxy) is 5. The third-order valence-corrected chi connectivity index (χ3v) is 6.24. The van der Waals surface area contributed by atoms with Gasteiger partial charge < -0.3 is 23.7 Å². The molecule has 0 aromatic carbocycles. The maximum absolute atomic E-state index is 12.6. The summed E-state index contributed by atoms with van der Waals surface area (Å²) in [4.78, 5) is 36.3. The van der Waals surface area contributed by atoms with Gasteiger partial charge in [0.2, 0.25) is 0 Å². The highest BCUT2D eigenvalue weighted by atomic mass is 16.7. The summed E-state index contributed by atoms with van der Waals surface area (Å²) in [6.07, 6.45) is 0.168. The lowest BCUT2D eigenvalue weighted by Crippen LogP contribution is -2.36. The van der Waals surface area contributed by atoms with E-state index in [1.165, 1.54) is 6.92 Å². The molecular weight excluding hydrogens is 380 g/mol. The molecule has 0 N–H and O–H groups in total. The Morgan fingerprint density at radius 1 is 1.21 bits per heavy atom. The first kappa shape index (κ1) is 20.1. The van der Waals surface area contributed by atoms with E-state index in [1.807, 2.05) is 13.8 Å². The van der Waals surface area contributed by atoms with Crippen LogP contribution in [0.1, 0.15) is 47.0 Å². The van der Waals surface area contributed by atoms with Crippen LogP contribution in [0.4, 0.5) is 0 Å². The molecule has 0 radical (unpaired) electrons. The fourth-order valence-electron chi connectivity index (χ4n) is 4.36. The molecule has 6 atom stereocenters. The number of hydrogen-bond donors (Lipinski definition) is 0. The minimum atomic E-state index is -0.775. The molecule has 3 aliphatic heterocycles. The monoisotopic (exact) mass is 406 g/mol. The van der Waals surface area contributed by atoms with E-state index >= 15 is 0 Å². The molecular formula is C21H26O8. The van der Waals surface area contributed by atoms with Crippen LogP contribution >= 0.6 is 0 Å². The van der Waals surface area contributed by atoms with Crippen molar-refractivity contribution in [2.75, 3.05) is 6.61 Å². The van der Waals surface area contributed by atoms with Crippen LogP contribution in [0.25, 0.3) is 0 Å². The lowest BCUT2D eigenvalue weighted by atomic mass is 9.83. The van der Waals surface area contributed by atoms with Gasteiger partial charge in [0.1, 0.15) is 18.8 Å². The lowest BCUT2D eigenvalue weighted by Gasteiger charge is -2.26. The van der Waals surface area contributed by atoms with Crippen LogP contribution in [0.15, 0.2) is 23.3 Å². The van der Waals surface area contributed by atoms with Gasteiger partial charge >= 0.3 is 17.9 Å². The van der Waals surface area contributed by atoms with Crippen molar-refractivity contribution in [3.8, 4) is 0 Å². The smallest absolute Gasteiger partial charge is 0.338 e. The Hall–Kier alpha value is -2.19. The van der Waals surface area contributed by atoms with E-state index in [0.29, 0.717) is 12.0 Å². The number of carbonyl (C=O) groups excluding carboxylic acids is 3. The maximum Gasteiger partial charge on any atom is 0.338 e. The Kier molecular flexibility index (Phi) is 4.62. The van der Waals surface area contributed by atoms with Crippen molar-refractivity contribution in [2.24, 2.45) is 0 Å². The first-order chi connectivity index (χ1) is 13.5. The molecule has 3 heterocycles. The van der Waals surface area contributed by atoms with Crippen LogP contribution < -0.4 is 0 Å². The van der Waals surface area contributed by atoms with Crippen molar-refractivity contribution in [3.63, 3.8) is 0 Å². The van der Waals surface area contributed by atoms with Gasteiger partial charge in [0, 0.05) is 24.5 Å². The van der Waals surface area contributed by atoms with Crippen LogP contribution in [0, 0.1) is 0 Å². The summed E-state index contributed by atoms with van der Waals surface area (Å²) in [5.41, 5.74) is 0.0199. The number of epoxide rings is 2. The van der Waals surface area contributed by atoms with E-state index in [9.17, 15) is 14.4 Å². The van der Waals surface area contributed by atoms with Crippen molar-refractivity contribution in [1.29, 1.82) is 0 Å². The number of rotatable bonds is 4. The molecule has 8 heteroatoms. The average molecular weight is 406 g/mol. The van der Waals surface area contributed by atoms with Crippen molar-refractivity contribution in [2.45, 2.75) is 82.6 Å². The second-order valence-corrected chi connectivity index (χ2v) is 8.73. The molecule has 29 heavy (non-hydrogen) atoms. The van der Waals surface area contributed by atoms with Gasteiger partial charge in [-0.3, -0.25) is 4.79 Å². The van der Waals surface area contributed by atoms with Crippen molar-refractivity contribution in [1.82, 2.24) is 0 Å². The molecule has 1 aliphatic carbocycles. The van der Waals surface area contributed by atoms with Gasteiger partial charge in [-0.25, -0.2) is 9.59 Å². The highest BCUT2D eigenvalue weighted by Gasteiger charge is 2.65. The number of fused-ring (bicyclic) bond motifs is 4. The Labute approximate surface area is 169 Å². The van der Waals surface area contributed by atoms with Gasteiger partial charge in [-0.2, -0.15) is 0 Å². The SMILES string of the molecule is C=C(C)C(=O)O[C@H]1C[C@]2(C)O[C@@H]2CC[C@@]2(C)O[C@H]2[C@H]2OC(=O)C(COC(C)=O)=C12. The van der Waals surface area contributed by atoms with E-state index in [0.717, 1.165) is 12.8 Å². The minimum absolute atomic E-state index is 0.0299. The van der Waals surface area contributed by atoms with Gasteiger partial charge in [-0.1, -0.05) is 6.58 Å². The second kappa shape index (κ2) is 6.67. The zero-order valence-corrected chi connectivity index (χ0v) is 17.1. The number of carbonyl (C=O) groups is 3.